The molecule has 0 bridgehead atoms. The molecule has 0 saturated carbocycles. The van der Waals surface area contributed by atoms with Gasteiger partial charge in [0, 0.05) is 37.7 Å². The normalized spacial score (nSPS) is 17.6. The number of amides is 1. The lowest BCUT2D eigenvalue weighted by atomic mass is 10.2. The van der Waals surface area contributed by atoms with Crippen LogP contribution in [0.15, 0.2) is 29.2 Å². The molecular formula is C23H26N4O4S2. The molecule has 0 unspecified atom stereocenters. The third kappa shape index (κ3) is 4.55. The second-order valence-electron chi connectivity index (χ2n) is 8.11. The summed E-state index contributed by atoms with van der Waals surface area (Å²) >= 11 is 6.64. The first kappa shape index (κ1) is 23.5. The minimum Gasteiger partial charge on any atom is -0.383 e. The van der Waals surface area contributed by atoms with Crippen molar-refractivity contribution in [2.24, 2.45) is 0 Å². The van der Waals surface area contributed by atoms with E-state index in [9.17, 15) is 14.9 Å². The molecule has 1 amide bonds. The zero-order valence-electron chi connectivity index (χ0n) is 18.9. The summed E-state index contributed by atoms with van der Waals surface area (Å²) in [7, 11) is 1.59. The summed E-state index contributed by atoms with van der Waals surface area (Å²) < 4.78 is 7.58. The van der Waals surface area contributed by atoms with E-state index in [1.807, 2.05) is 42.7 Å². The van der Waals surface area contributed by atoms with Crippen LogP contribution in [0.4, 0.5) is 11.4 Å². The van der Waals surface area contributed by atoms with Crippen LogP contribution in [0.1, 0.15) is 29.8 Å². The molecule has 33 heavy (non-hydrogen) atoms. The predicted molar refractivity (Wildman–Crippen MR) is 135 cm³/mol. The summed E-state index contributed by atoms with van der Waals surface area (Å²) in [6.07, 6.45) is 3.95. The molecule has 8 nitrogen and oxygen atoms in total. The smallest absolute Gasteiger partial charge is 0.294 e. The van der Waals surface area contributed by atoms with Crippen LogP contribution in [0.25, 0.3) is 11.8 Å². The average molecular weight is 487 g/mol. The summed E-state index contributed by atoms with van der Waals surface area (Å²) in [5.41, 5.74) is 4.22. The summed E-state index contributed by atoms with van der Waals surface area (Å²) in [5, 5.41) is 11.8. The Hall–Kier alpha value is -2.69. The number of methoxy groups -OCH3 is 1. The van der Waals surface area contributed by atoms with Gasteiger partial charge in [0.25, 0.3) is 11.6 Å². The number of thioether (sulfide) groups is 1. The molecule has 174 valence electrons. The molecule has 1 aromatic heterocycles. The van der Waals surface area contributed by atoms with Gasteiger partial charge in [-0.05, 0) is 56.5 Å². The lowest BCUT2D eigenvalue weighted by molar-refractivity contribution is -0.384. The van der Waals surface area contributed by atoms with E-state index in [4.69, 9.17) is 17.0 Å². The van der Waals surface area contributed by atoms with Crippen molar-refractivity contribution in [2.75, 3.05) is 38.3 Å². The molecule has 1 aromatic carbocycles. The summed E-state index contributed by atoms with van der Waals surface area (Å²) in [5.74, 6) is -0.127. The van der Waals surface area contributed by atoms with Crippen LogP contribution in [0.2, 0.25) is 0 Å². The molecule has 0 spiro atoms. The van der Waals surface area contributed by atoms with E-state index in [-0.39, 0.29) is 16.5 Å². The maximum absolute atomic E-state index is 12.8. The molecule has 2 aliphatic rings. The zero-order chi connectivity index (χ0) is 23.7. The summed E-state index contributed by atoms with van der Waals surface area (Å²) in [4.78, 5) is 28.5. The lowest BCUT2D eigenvalue weighted by Crippen LogP contribution is -2.31. The first-order valence-corrected chi connectivity index (χ1v) is 12.0. The SMILES string of the molecule is COCCN1C(=O)/C(=C/c2cc(C)n(-c3ccc(N4CCCC4)c([N+](=O)[O-])c3)c2C)SC1=S. The van der Waals surface area contributed by atoms with Crippen LogP contribution in [0.5, 0.6) is 0 Å². The van der Waals surface area contributed by atoms with Crippen molar-refractivity contribution in [3.05, 3.63) is 56.2 Å². The minimum atomic E-state index is -0.308. The fraction of sp³-hybridized carbons (Fsp3) is 0.391. The number of nitrogens with zero attached hydrogens (tertiary/aromatic N) is 4. The van der Waals surface area contributed by atoms with Crippen molar-refractivity contribution in [2.45, 2.75) is 26.7 Å². The Morgan fingerprint density at radius 1 is 1.24 bits per heavy atom. The number of carbonyl (C=O) groups is 1. The topological polar surface area (TPSA) is 80.8 Å². The average Bonchev–Trinajstić information content (AvgIpc) is 3.47. The third-order valence-corrected chi connectivity index (χ3v) is 7.39. The molecule has 2 fully saturated rings. The molecule has 0 aliphatic carbocycles. The highest BCUT2D eigenvalue weighted by molar-refractivity contribution is 8.26. The number of ether oxygens (including phenoxy) is 1. The highest BCUT2D eigenvalue weighted by Crippen LogP contribution is 2.36. The van der Waals surface area contributed by atoms with Gasteiger partial charge >= 0.3 is 0 Å². The number of aryl methyl sites for hydroxylation is 1. The van der Waals surface area contributed by atoms with Crippen LogP contribution in [0, 0.1) is 24.0 Å². The summed E-state index contributed by atoms with van der Waals surface area (Å²) in [6.45, 7) is 6.42. The standard InChI is InChI=1S/C23H26N4O4S2/c1-15-12-17(13-21-22(28)25(10-11-31-3)23(32)33-21)16(2)26(15)18-6-7-19(20(14-18)27(29)30)24-8-4-5-9-24/h6-7,12-14H,4-5,8-11H2,1-3H3/b21-13-. The van der Waals surface area contributed by atoms with Crippen molar-refractivity contribution in [3.63, 3.8) is 0 Å². The van der Waals surface area contributed by atoms with Gasteiger partial charge in [-0.25, -0.2) is 0 Å². The Bertz CT molecular complexity index is 1150. The van der Waals surface area contributed by atoms with Gasteiger partial charge in [0.2, 0.25) is 0 Å². The molecule has 0 N–H and O–H groups in total. The number of benzene rings is 1. The Kier molecular flexibility index (Phi) is 6.87. The number of aromatic nitrogens is 1. The van der Waals surface area contributed by atoms with E-state index >= 15 is 0 Å². The van der Waals surface area contributed by atoms with Crippen LogP contribution < -0.4 is 4.90 Å². The number of hydrogen-bond acceptors (Lipinski definition) is 7. The van der Waals surface area contributed by atoms with Crippen molar-refractivity contribution >= 4 is 51.7 Å². The quantitative estimate of drug-likeness (QED) is 0.248. The number of carbonyl (C=O) groups excluding carboxylic acids is 1. The number of anilines is 1. The summed E-state index contributed by atoms with van der Waals surface area (Å²) in [6, 6.07) is 7.39. The van der Waals surface area contributed by atoms with Gasteiger partial charge in [0.05, 0.1) is 28.7 Å². The molecule has 2 saturated heterocycles. The van der Waals surface area contributed by atoms with Gasteiger partial charge in [-0.15, -0.1) is 0 Å². The van der Waals surface area contributed by atoms with E-state index in [1.165, 1.54) is 11.8 Å². The molecular weight excluding hydrogens is 460 g/mol. The lowest BCUT2D eigenvalue weighted by Gasteiger charge is -2.19. The van der Waals surface area contributed by atoms with Crippen LogP contribution in [-0.2, 0) is 9.53 Å². The first-order valence-electron chi connectivity index (χ1n) is 10.8. The molecule has 0 radical (unpaired) electrons. The number of nitro benzene ring substituents is 1. The zero-order valence-corrected chi connectivity index (χ0v) is 20.5. The molecule has 0 atom stereocenters. The van der Waals surface area contributed by atoms with E-state index in [1.54, 1.807) is 18.1 Å². The van der Waals surface area contributed by atoms with E-state index in [0.29, 0.717) is 28.1 Å². The maximum Gasteiger partial charge on any atom is 0.294 e. The Morgan fingerprint density at radius 2 is 1.97 bits per heavy atom. The van der Waals surface area contributed by atoms with E-state index < -0.39 is 0 Å². The van der Waals surface area contributed by atoms with Crippen molar-refractivity contribution in [1.82, 2.24) is 9.47 Å². The Labute approximate surface area is 202 Å². The second kappa shape index (κ2) is 9.66. The first-order chi connectivity index (χ1) is 15.8. The van der Waals surface area contributed by atoms with E-state index in [2.05, 4.69) is 4.90 Å². The molecule has 2 aromatic rings. The van der Waals surface area contributed by atoms with Gasteiger partial charge in [-0.1, -0.05) is 24.0 Å². The molecule has 3 heterocycles. The van der Waals surface area contributed by atoms with Gasteiger partial charge in [-0.2, -0.15) is 0 Å². The molecule has 2 aliphatic heterocycles. The minimum absolute atomic E-state index is 0.113. The van der Waals surface area contributed by atoms with Crippen LogP contribution >= 0.6 is 24.0 Å². The molecule has 4 rings (SSSR count). The van der Waals surface area contributed by atoms with Gasteiger partial charge in [-0.3, -0.25) is 19.8 Å². The van der Waals surface area contributed by atoms with Crippen LogP contribution in [-0.4, -0.2) is 58.0 Å². The van der Waals surface area contributed by atoms with Crippen molar-refractivity contribution < 1.29 is 14.5 Å². The van der Waals surface area contributed by atoms with Gasteiger partial charge in [0.1, 0.15) is 10.0 Å². The molecule has 10 heteroatoms. The van der Waals surface area contributed by atoms with E-state index in [0.717, 1.165) is 48.6 Å². The predicted octanol–water partition coefficient (Wildman–Crippen LogP) is 4.45. The van der Waals surface area contributed by atoms with Crippen molar-refractivity contribution in [1.29, 1.82) is 0 Å². The maximum atomic E-state index is 12.8. The monoisotopic (exact) mass is 486 g/mol. The van der Waals surface area contributed by atoms with Crippen molar-refractivity contribution in [3.8, 4) is 5.69 Å². The van der Waals surface area contributed by atoms with Crippen LogP contribution in [0.3, 0.4) is 0 Å². The van der Waals surface area contributed by atoms with Gasteiger partial charge in [0.15, 0.2) is 0 Å². The Balaban J connectivity index is 1.68. The fourth-order valence-corrected chi connectivity index (χ4v) is 5.67. The highest BCUT2D eigenvalue weighted by atomic mass is 32.2. The number of rotatable bonds is 7. The largest absolute Gasteiger partial charge is 0.383 e. The highest BCUT2D eigenvalue weighted by Gasteiger charge is 2.32. The van der Waals surface area contributed by atoms with Gasteiger partial charge < -0.3 is 14.2 Å². The number of thiocarbonyl (C=S) groups is 1. The second-order valence-corrected chi connectivity index (χ2v) is 9.79. The Morgan fingerprint density at radius 3 is 2.64 bits per heavy atom. The fourth-order valence-electron chi connectivity index (χ4n) is 4.37. The number of hydrogen-bond donors (Lipinski definition) is 0. The number of nitro groups is 1. The third-order valence-electron chi connectivity index (χ3n) is 6.01.